The Kier molecular flexibility index (Phi) is 5.08. The van der Waals surface area contributed by atoms with E-state index in [-0.39, 0.29) is 0 Å². The normalized spacial score (nSPS) is 14.7. The van der Waals surface area contributed by atoms with Crippen LogP contribution in [0.3, 0.4) is 0 Å². The number of hydrogen-bond acceptors (Lipinski definition) is 5. The second-order valence-corrected chi connectivity index (χ2v) is 6.68. The Balaban J connectivity index is 1.38. The highest BCUT2D eigenvalue weighted by Crippen LogP contribution is 2.19. The number of nitriles is 1. The number of rotatable bonds is 4. The topological polar surface area (TPSA) is 56.1 Å². The van der Waals surface area contributed by atoms with Crippen molar-refractivity contribution in [1.29, 1.82) is 5.26 Å². The van der Waals surface area contributed by atoms with Gasteiger partial charge in [-0.15, -0.1) is 0 Å². The molecule has 1 saturated heterocycles. The third kappa shape index (κ3) is 4.13. The van der Waals surface area contributed by atoms with Crippen LogP contribution in [0.4, 0.5) is 5.82 Å². The van der Waals surface area contributed by atoms with Gasteiger partial charge in [-0.1, -0.05) is 42.5 Å². The van der Waals surface area contributed by atoms with E-state index in [2.05, 4.69) is 20.9 Å². The predicted octanol–water partition coefficient (Wildman–Crippen LogP) is 3.34. The van der Waals surface area contributed by atoms with Gasteiger partial charge in [-0.3, -0.25) is 4.90 Å². The Morgan fingerprint density at radius 3 is 2.33 bits per heavy atom. The lowest BCUT2D eigenvalue weighted by Crippen LogP contribution is -2.46. The lowest BCUT2D eigenvalue weighted by atomic mass is 10.1. The third-order valence-corrected chi connectivity index (χ3v) is 4.86. The molecule has 2 heterocycles. The van der Waals surface area contributed by atoms with Crippen LogP contribution in [0, 0.1) is 11.3 Å². The molecule has 1 aromatic heterocycles. The predicted molar refractivity (Wildman–Crippen MR) is 106 cm³/mol. The van der Waals surface area contributed by atoms with Crippen LogP contribution in [-0.4, -0.2) is 41.0 Å². The zero-order chi connectivity index (χ0) is 18.5. The van der Waals surface area contributed by atoms with E-state index in [0.717, 1.165) is 49.9 Å². The third-order valence-electron chi connectivity index (χ3n) is 4.86. The first-order valence-electron chi connectivity index (χ1n) is 9.16. The molecule has 1 aliphatic rings. The summed E-state index contributed by atoms with van der Waals surface area (Å²) in [6.07, 6.45) is 1.84. The molecule has 4 rings (SSSR count). The molecule has 0 N–H and O–H groups in total. The van der Waals surface area contributed by atoms with Crippen LogP contribution in [0.2, 0.25) is 0 Å². The number of nitrogens with zero attached hydrogens (tertiary/aromatic N) is 5. The minimum atomic E-state index is 0.710. The quantitative estimate of drug-likeness (QED) is 0.718. The van der Waals surface area contributed by atoms with Crippen LogP contribution < -0.4 is 4.90 Å². The van der Waals surface area contributed by atoms with Gasteiger partial charge in [0.05, 0.1) is 11.6 Å². The summed E-state index contributed by atoms with van der Waals surface area (Å²) < 4.78 is 0. The molecule has 0 amide bonds. The largest absolute Gasteiger partial charge is 0.354 e. The van der Waals surface area contributed by atoms with E-state index in [1.165, 1.54) is 5.56 Å². The summed E-state index contributed by atoms with van der Waals surface area (Å²) in [4.78, 5) is 13.9. The molecule has 3 aromatic rings. The molecular weight excluding hydrogens is 334 g/mol. The summed E-state index contributed by atoms with van der Waals surface area (Å²) in [7, 11) is 0. The van der Waals surface area contributed by atoms with Crippen molar-refractivity contribution in [2.75, 3.05) is 31.1 Å². The van der Waals surface area contributed by atoms with Gasteiger partial charge in [0.1, 0.15) is 5.82 Å². The Bertz CT molecular complexity index is 923. The molecule has 0 atom stereocenters. The van der Waals surface area contributed by atoms with Gasteiger partial charge in [0.15, 0.2) is 5.82 Å². The monoisotopic (exact) mass is 355 g/mol. The molecule has 134 valence electrons. The van der Waals surface area contributed by atoms with E-state index in [9.17, 15) is 0 Å². The highest BCUT2D eigenvalue weighted by Gasteiger charge is 2.18. The molecular formula is C22H21N5. The van der Waals surface area contributed by atoms with Crippen LogP contribution in [0.15, 0.2) is 66.9 Å². The molecule has 0 radical (unpaired) electrons. The number of aromatic nitrogens is 2. The van der Waals surface area contributed by atoms with Crippen LogP contribution in [0.25, 0.3) is 11.4 Å². The summed E-state index contributed by atoms with van der Waals surface area (Å²) in [5.41, 5.74) is 3.00. The average molecular weight is 355 g/mol. The molecule has 0 unspecified atom stereocenters. The average Bonchev–Trinajstić information content (AvgIpc) is 2.75. The number of benzene rings is 2. The van der Waals surface area contributed by atoms with Gasteiger partial charge in [-0.25, -0.2) is 9.97 Å². The summed E-state index contributed by atoms with van der Waals surface area (Å²) in [5.74, 6) is 1.76. The van der Waals surface area contributed by atoms with Crippen molar-refractivity contribution in [3.8, 4) is 17.5 Å². The summed E-state index contributed by atoms with van der Waals surface area (Å²) in [5, 5.41) is 8.90. The zero-order valence-corrected chi connectivity index (χ0v) is 15.1. The number of anilines is 1. The van der Waals surface area contributed by atoms with E-state index < -0.39 is 0 Å². The molecule has 5 nitrogen and oxygen atoms in total. The molecule has 0 aliphatic carbocycles. The van der Waals surface area contributed by atoms with Crippen molar-refractivity contribution in [3.63, 3.8) is 0 Å². The molecule has 1 aliphatic heterocycles. The van der Waals surface area contributed by atoms with Gasteiger partial charge < -0.3 is 4.90 Å². The van der Waals surface area contributed by atoms with Crippen molar-refractivity contribution < 1.29 is 0 Å². The van der Waals surface area contributed by atoms with Crippen LogP contribution in [0.5, 0.6) is 0 Å². The van der Waals surface area contributed by atoms with Gasteiger partial charge >= 0.3 is 0 Å². The lowest BCUT2D eigenvalue weighted by molar-refractivity contribution is 0.249. The van der Waals surface area contributed by atoms with Crippen molar-refractivity contribution in [2.24, 2.45) is 0 Å². The van der Waals surface area contributed by atoms with E-state index in [0.29, 0.717) is 5.56 Å². The van der Waals surface area contributed by atoms with Gasteiger partial charge in [0.2, 0.25) is 0 Å². The van der Waals surface area contributed by atoms with Gasteiger partial charge in [0, 0.05) is 44.5 Å². The first-order chi connectivity index (χ1) is 13.3. The van der Waals surface area contributed by atoms with Gasteiger partial charge in [-0.2, -0.15) is 5.26 Å². The summed E-state index contributed by atoms with van der Waals surface area (Å²) >= 11 is 0. The smallest absolute Gasteiger partial charge is 0.161 e. The Labute approximate surface area is 159 Å². The standard InChI is InChI=1S/C22H21N5/c23-16-18-6-8-19(9-7-18)17-26-12-14-27(15-13-26)21-10-11-24-22(25-21)20-4-2-1-3-5-20/h1-11H,12-15,17H2. The van der Waals surface area contributed by atoms with E-state index >= 15 is 0 Å². The van der Waals surface area contributed by atoms with Crippen molar-refractivity contribution >= 4 is 5.82 Å². The number of piperazine rings is 1. The van der Waals surface area contributed by atoms with Gasteiger partial charge in [0.25, 0.3) is 0 Å². The second-order valence-electron chi connectivity index (χ2n) is 6.68. The first-order valence-corrected chi connectivity index (χ1v) is 9.16. The fourth-order valence-electron chi connectivity index (χ4n) is 3.33. The highest BCUT2D eigenvalue weighted by atomic mass is 15.3. The molecule has 27 heavy (non-hydrogen) atoms. The van der Waals surface area contributed by atoms with E-state index in [1.807, 2.05) is 66.9 Å². The first kappa shape index (κ1) is 17.2. The second kappa shape index (κ2) is 7.98. The maximum atomic E-state index is 8.90. The zero-order valence-electron chi connectivity index (χ0n) is 15.1. The molecule has 1 fully saturated rings. The van der Waals surface area contributed by atoms with Crippen LogP contribution in [-0.2, 0) is 6.54 Å². The molecule has 0 spiro atoms. The minimum Gasteiger partial charge on any atom is -0.354 e. The molecule has 0 bridgehead atoms. The Morgan fingerprint density at radius 1 is 0.889 bits per heavy atom. The summed E-state index contributed by atoms with van der Waals surface area (Å²) in [6.45, 7) is 4.79. The molecule has 0 saturated carbocycles. The van der Waals surface area contributed by atoms with E-state index in [1.54, 1.807) is 0 Å². The van der Waals surface area contributed by atoms with Crippen LogP contribution in [0.1, 0.15) is 11.1 Å². The SMILES string of the molecule is N#Cc1ccc(CN2CCN(c3ccnc(-c4ccccc4)n3)CC2)cc1. The lowest BCUT2D eigenvalue weighted by Gasteiger charge is -2.35. The fourth-order valence-corrected chi connectivity index (χ4v) is 3.33. The van der Waals surface area contributed by atoms with E-state index in [4.69, 9.17) is 10.2 Å². The highest BCUT2D eigenvalue weighted by molar-refractivity contribution is 5.57. The van der Waals surface area contributed by atoms with Gasteiger partial charge in [-0.05, 0) is 23.8 Å². The number of hydrogen-bond donors (Lipinski definition) is 0. The fraction of sp³-hybridized carbons (Fsp3) is 0.227. The maximum absolute atomic E-state index is 8.90. The van der Waals surface area contributed by atoms with Crippen molar-refractivity contribution in [3.05, 3.63) is 78.0 Å². The Morgan fingerprint density at radius 2 is 1.63 bits per heavy atom. The molecule has 2 aromatic carbocycles. The van der Waals surface area contributed by atoms with Crippen molar-refractivity contribution in [2.45, 2.75) is 6.54 Å². The van der Waals surface area contributed by atoms with Crippen molar-refractivity contribution in [1.82, 2.24) is 14.9 Å². The Hall–Kier alpha value is -3.23. The molecule has 5 heteroatoms. The minimum absolute atomic E-state index is 0.710. The summed E-state index contributed by atoms with van der Waals surface area (Å²) in [6, 6.07) is 22.1. The van der Waals surface area contributed by atoms with Crippen LogP contribution >= 0.6 is 0 Å². The maximum Gasteiger partial charge on any atom is 0.161 e.